The molecule has 1 aliphatic rings. The van der Waals surface area contributed by atoms with Crippen LogP contribution in [0.4, 0.5) is 18.9 Å². The van der Waals surface area contributed by atoms with Gasteiger partial charge in [0.2, 0.25) is 0 Å². The molecule has 7 N–H and O–H groups in total. The van der Waals surface area contributed by atoms with E-state index in [2.05, 4.69) is 15.1 Å². The molecule has 2 aromatic carbocycles. The molecular weight excluding hydrogens is 619 g/mol. The second kappa shape index (κ2) is 13.5. The summed E-state index contributed by atoms with van der Waals surface area (Å²) < 4.78 is 33.5. The maximum atomic E-state index is 13.4. The largest absolute Gasteiger partial charge is 0.490 e. The summed E-state index contributed by atoms with van der Waals surface area (Å²) in [5, 5.41) is 21.2. The van der Waals surface area contributed by atoms with Crippen LogP contribution in [-0.2, 0) is 16.0 Å². The molecule has 0 saturated heterocycles. The quantitative estimate of drug-likeness (QED) is 0.0638. The van der Waals surface area contributed by atoms with E-state index in [0.29, 0.717) is 34.1 Å². The number of imidazole rings is 1. The molecule has 0 aliphatic carbocycles. The number of carboxylic acids is 2. The SMILES string of the molecule is N/N=C\N(N)c1ccc(Cl)cc1-c1cc2n(c(=O)c1)C(c1ncc(-c3ccc(/C=C/C(=O)O)cc3)[nH]1)CC2.O=C(O)C(F)(F)F. The van der Waals surface area contributed by atoms with Crippen molar-refractivity contribution in [2.24, 2.45) is 16.8 Å². The van der Waals surface area contributed by atoms with Crippen molar-refractivity contribution in [2.75, 3.05) is 5.01 Å². The monoisotopic (exact) mass is 643 g/mol. The summed E-state index contributed by atoms with van der Waals surface area (Å²) in [6.45, 7) is 0. The van der Waals surface area contributed by atoms with Crippen molar-refractivity contribution in [1.29, 1.82) is 0 Å². The van der Waals surface area contributed by atoms with Crippen molar-refractivity contribution < 1.29 is 33.0 Å². The normalized spacial score (nSPS) is 14.3. The number of alkyl halides is 3. The Kier molecular flexibility index (Phi) is 9.74. The van der Waals surface area contributed by atoms with Gasteiger partial charge in [-0.15, -0.1) is 0 Å². The van der Waals surface area contributed by atoms with Gasteiger partial charge in [-0.3, -0.25) is 9.80 Å². The number of hydrogen-bond acceptors (Lipinski definition) is 7. The molecule has 1 unspecified atom stereocenters. The minimum atomic E-state index is -5.08. The van der Waals surface area contributed by atoms with E-state index in [4.69, 9.17) is 38.3 Å². The highest BCUT2D eigenvalue weighted by atomic mass is 35.5. The van der Waals surface area contributed by atoms with Crippen molar-refractivity contribution in [3.8, 4) is 22.4 Å². The topological polar surface area (TPSA) is 193 Å². The van der Waals surface area contributed by atoms with E-state index >= 15 is 0 Å². The number of hydrazone groups is 1. The number of benzene rings is 2. The number of nitrogens with zero attached hydrogens (tertiary/aromatic N) is 4. The summed E-state index contributed by atoms with van der Waals surface area (Å²) in [6, 6.07) is 15.9. The lowest BCUT2D eigenvalue weighted by Crippen LogP contribution is -2.30. The van der Waals surface area contributed by atoms with Crippen LogP contribution in [-0.4, -0.2) is 49.2 Å². The van der Waals surface area contributed by atoms with Gasteiger partial charge in [-0.25, -0.2) is 20.4 Å². The number of pyridine rings is 1. The zero-order valence-electron chi connectivity index (χ0n) is 23.1. The molecule has 4 aromatic rings. The summed E-state index contributed by atoms with van der Waals surface area (Å²) >= 11 is 6.26. The molecule has 12 nitrogen and oxygen atoms in total. The second-order valence-corrected chi connectivity index (χ2v) is 10.0. The minimum absolute atomic E-state index is 0.158. The lowest BCUT2D eigenvalue weighted by Gasteiger charge is -2.18. The standard InChI is InChI=1S/C27H24ClN7O3.C2HF3O2/c28-19-6-8-23(34(30)15-32-29)21(13-19)18-11-20-7-9-24(35(20)25(36)12-18)27-31-14-22(33-27)17-4-1-16(2-5-17)3-10-26(37)38;3-2(4,5)1(6)7/h1-6,8,10-15,24H,7,9,29-30H2,(H,31,33)(H,37,38);(H,6,7)/b10-3+,32-15-;. The van der Waals surface area contributed by atoms with E-state index in [1.54, 1.807) is 35.0 Å². The number of hydrazine groups is 1. The van der Waals surface area contributed by atoms with Gasteiger partial charge < -0.3 is 25.6 Å². The molecule has 0 saturated carbocycles. The fraction of sp³-hybridized carbons (Fsp3) is 0.138. The first-order valence-corrected chi connectivity index (χ1v) is 13.4. The third-order valence-corrected chi connectivity index (χ3v) is 6.90. The fourth-order valence-electron chi connectivity index (χ4n) is 4.70. The Hall–Kier alpha value is -5.41. The number of aryl methyl sites for hydroxylation is 1. The average Bonchev–Trinajstić information content (AvgIpc) is 3.64. The molecule has 0 bridgehead atoms. The molecule has 45 heavy (non-hydrogen) atoms. The summed E-state index contributed by atoms with van der Waals surface area (Å²) in [7, 11) is 0. The first-order chi connectivity index (χ1) is 21.3. The number of hydrogen-bond donors (Lipinski definition) is 5. The molecular formula is C29H25ClF3N7O5. The number of carboxylic acid groups (broad SMARTS) is 2. The third kappa shape index (κ3) is 7.76. The predicted octanol–water partition coefficient (Wildman–Crippen LogP) is 4.41. The fourth-order valence-corrected chi connectivity index (χ4v) is 4.87. The average molecular weight is 644 g/mol. The summed E-state index contributed by atoms with van der Waals surface area (Å²) in [4.78, 5) is 40.9. The van der Waals surface area contributed by atoms with Crippen molar-refractivity contribution in [3.63, 3.8) is 0 Å². The molecule has 5 rings (SSSR count). The minimum Gasteiger partial charge on any atom is -0.478 e. The first kappa shape index (κ1) is 32.5. The van der Waals surface area contributed by atoms with Gasteiger partial charge >= 0.3 is 18.1 Å². The van der Waals surface area contributed by atoms with E-state index in [0.717, 1.165) is 35.0 Å². The molecule has 0 fully saturated rings. The number of fused-ring (bicyclic) bond motifs is 1. The Balaban J connectivity index is 0.000000591. The Morgan fingerprint density at radius 2 is 1.80 bits per heavy atom. The van der Waals surface area contributed by atoms with E-state index < -0.39 is 18.1 Å². The number of aromatic nitrogens is 3. The number of carbonyl (C=O) groups is 2. The second-order valence-electron chi connectivity index (χ2n) is 9.61. The lowest BCUT2D eigenvalue weighted by molar-refractivity contribution is -0.192. The molecule has 1 atom stereocenters. The lowest BCUT2D eigenvalue weighted by atomic mass is 10.0. The van der Waals surface area contributed by atoms with Gasteiger partial charge in [-0.05, 0) is 59.9 Å². The Labute approximate surface area is 257 Å². The molecule has 2 aromatic heterocycles. The smallest absolute Gasteiger partial charge is 0.478 e. The van der Waals surface area contributed by atoms with Gasteiger partial charge in [0.1, 0.15) is 12.2 Å². The van der Waals surface area contributed by atoms with Gasteiger partial charge in [0.25, 0.3) is 5.56 Å². The van der Waals surface area contributed by atoms with Crippen LogP contribution in [0.15, 0.2) is 76.8 Å². The maximum Gasteiger partial charge on any atom is 0.490 e. The van der Waals surface area contributed by atoms with Crippen molar-refractivity contribution >= 4 is 41.6 Å². The molecule has 234 valence electrons. The van der Waals surface area contributed by atoms with Crippen LogP contribution in [0, 0.1) is 0 Å². The van der Waals surface area contributed by atoms with Crippen molar-refractivity contribution in [3.05, 3.63) is 99.3 Å². The number of aromatic amines is 1. The van der Waals surface area contributed by atoms with Crippen molar-refractivity contribution in [2.45, 2.75) is 25.1 Å². The highest BCUT2D eigenvalue weighted by Gasteiger charge is 2.38. The number of nitrogens with two attached hydrogens (primary N) is 2. The third-order valence-electron chi connectivity index (χ3n) is 6.67. The van der Waals surface area contributed by atoms with Crippen LogP contribution in [0.1, 0.15) is 29.5 Å². The zero-order chi connectivity index (χ0) is 32.9. The Morgan fingerprint density at radius 3 is 2.42 bits per heavy atom. The van der Waals surface area contributed by atoms with Gasteiger partial charge in [0.15, 0.2) is 0 Å². The molecule has 1 aliphatic heterocycles. The zero-order valence-corrected chi connectivity index (χ0v) is 23.8. The van der Waals surface area contributed by atoms with Crippen LogP contribution in [0.3, 0.4) is 0 Å². The highest BCUT2D eigenvalue weighted by molar-refractivity contribution is 6.31. The van der Waals surface area contributed by atoms with Crippen LogP contribution in [0.2, 0.25) is 5.02 Å². The highest BCUT2D eigenvalue weighted by Crippen LogP contribution is 2.35. The van der Waals surface area contributed by atoms with E-state index in [9.17, 15) is 22.8 Å². The number of anilines is 1. The molecule has 16 heteroatoms. The Morgan fingerprint density at radius 1 is 1.11 bits per heavy atom. The Bertz CT molecular complexity index is 1840. The predicted molar refractivity (Wildman–Crippen MR) is 161 cm³/mol. The van der Waals surface area contributed by atoms with E-state index in [1.165, 1.54) is 17.4 Å². The first-order valence-electron chi connectivity index (χ1n) is 13.0. The molecule has 0 amide bonds. The van der Waals surface area contributed by atoms with Crippen LogP contribution in [0.5, 0.6) is 0 Å². The number of H-pyrrole nitrogens is 1. The maximum absolute atomic E-state index is 13.4. The molecule has 0 spiro atoms. The number of rotatable bonds is 7. The summed E-state index contributed by atoms with van der Waals surface area (Å²) in [5.41, 5.74) is 5.18. The van der Waals surface area contributed by atoms with Crippen LogP contribution in [0.25, 0.3) is 28.5 Å². The van der Waals surface area contributed by atoms with Gasteiger partial charge in [-0.2, -0.15) is 18.3 Å². The summed E-state index contributed by atoms with van der Waals surface area (Å²) in [5.74, 6) is 8.26. The van der Waals surface area contributed by atoms with Gasteiger partial charge in [-0.1, -0.05) is 35.9 Å². The number of aliphatic carboxylic acids is 2. The molecule has 3 heterocycles. The van der Waals surface area contributed by atoms with E-state index in [1.807, 2.05) is 30.3 Å². The van der Waals surface area contributed by atoms with Gasteiger partial charge in [0.05, 0.1) is 23.6 Å². The summed E-state index contributed by atoms with van der Waals surface area (Å²) in [6.07, 6.45) is 1.97. The van der Waals surface area contributed by atoms with Crippen LogP contribution >= 0.6 is 11.6 Å². The number of halogens is 4. The number of nitrogens with one attached hydrogen (secondary N) is 1. The van der Waals surface area contributed by atoms with Crippen molar-refractivity contribution in [1.82, 2.24) is 14.5 Å². The van der Waals surface area contributed by atoms with Gasteiger partial charge in [0, 0.05) is 28.4 Å². The van der Waals surface area contributed by atoms with E-state index in [-0.39, 0.29) is 11.6 Å². The van der Waals surface area contributed by atoms with Crippen LogP contribution < -0.4 is 22.3 Å². The molecule has 0 radical (unpaired) electrons.